The highest BCUT2D eigenvalue weighted by atomic mass is 16.6. The van der Waals surface area contributed by atoms with Gasteiger partial charge in [-0.05, 0) is 31.5 Å². The summed E-state index contributed by atoms with van der Waals surface area (Å²) in [7, 11) is 0. The van der Waals surface area contributed by atoms with Gasteiger partial charge in [0.15, 0.2) is 0 Å². The summed E-state index contributed by atoms with van der Waals surface area (Å²) < 4.78 is 5.46. The lowest BCUT2D eigenvalue weighted by atomic mass is 9.87. The summed E-state index contributed by atoms with van der Waals surface area (Å²) in [5, 5.41) is 14.7. The summed E-state index contributed by atoms with van der Waals surface area (Å²) in [6, 6.07) is 14.8. The van der Waals surface area contributed by atoms with Crippen LogP contribution in [0.1, 0.15) is 31.0 Å². The highest BCUT2D eigenvalue weighted by Gasteiger charge is 2.41. The molecule has 1 aromatic heterocycles. The summed E-state index contributed by atoms with van der Waals surface area (Å²) in [4.78, 5) is 28.4. The monoisotopic (exact) mass is 379 g/mol. The number of esters is 1. The second kappa shape index (κ2) is 8.47. The molecule has 1 aliphatic rings. The van der Waals surface area contributed by atoms with Gasteiger partial charge in [0.2, 0.25) is 0 Å². The maximum absolute atomic E-state index is 12.9. The zero-order valence-corrected chi connectivity index (χ0v) is 15.7. The first-order valence-corrected chi connectivity index (χ1v) is 8.94. The molecular weight excluding hydrogens is 358 g/mol. The minimum Gasteiger partial charge on any atom is -0.462 e. The lowest BCUT2D eigenvalue weighted by molar-refractivity contribution is -0.431. The number of hydrogen-bond donors (Lipinski definition) is 1. The van der Waals surface area contributed by atoms with Crippen LogP contribution < -0.4 is 5.32 Å². The predicted molar refractivity (Wildman–Crippen MR) is 104 cm³/mol. The molecule has 1 atom stereocenters. The van der Waals surface area contributed by atoms with Crippen molar-refractivity contribution in [1.29, 1.82) is 0 Å². The third-order valence-electron chi connectivity index (χ3n) is 4.59. The molecule has 144 valence electrons. The number of allylic oxidation sites excluding steroid dienone is 3. The van der Waals surface area contributed by atoms with Gasteiger partial charge in [-0.2, -0.15) is 0 Å². The Bertz CT molecular complexity index is 937. The molecule has 1 unspecified atom stereocenters. The largest absolute Gasteiger partial charge is 0.462 e. The Labute approximate surface area is 162 Å². The van der Waals surface area contributed by atoms with Gasteiger partial charge in [0, 0.05) is 18.3 Å². The summed E-state index contributed by atoms with van der Waals surface area (Å²) >= 11 is 0. The van der Waals surface area contributed by atoms with Gasteiger partial charge in [-0.3, -0.25) is 15.1 Å². The van der Waals surface area contributed by atoms with E-state index in [1.165, 1.54) is 0 Å². The van der Waals surface area contributed by atoms with Gasteiger partial charge in [-0.25, -0.2) is 4.79 Å². The molecule has 2 heterocycles. The molecule has 0 fully saturated rings. The zero-order valence-electron chi connectivity index (χ0n) is 15.7. The fraction of sp³-hybridized carbons (Fsp3) is 0.238. The van der Waals surface area contributed by atoms with Crippen LogP contribution in [-0.2, 0) is 16.0 Å². The summed E-state index contributed by atoms with van der Waals surface area (Å²) in [6.45, 7) is 3.52. The molecule has 0 bridgehead atoms. The lowest BCUT2D eigenvalue weighted by Crippen LogP contribution is -2.32. The standard InChI is InChI=1S/C21H21N3O4/c1-14-18(21(25)28-13-11-16-8-4-3-5-9-16)19(17-10-6-7-12-22-17)20(24(26)27)15(2)23-14/h3-10,12,19,23H,11,13H2,1-2H3. The summed E-state index contributed by atoms with van der Waals surface area (Å²) in [6.07, 6.45) is 2.12. The molecule has 0 aliphatic carbocycles. The average molecular weight is 379 g/mol. The number of ether oxygens (including phenoxy) is 1. The van der Waals surface area contributed by atoms with Gasteiger partial charge in [-0.1, -0.05) is 36.4 Å². The Morgan fingerprint density at radius 3 is 2.50 bits per heavy atom. The van der Waals surface area contributed by atoms with Crippen LogP contribution in [0.4, 0.5) is 0 Å². The number of carbonyl (C=O) groups is 1. The number of nitro groups is 1. The van der Waals surface area contributed by atoms with Crippen LogP contribution in [0, 0.1) is 10.1 Å². The van der Waals surface area contributed by atoms with E-state index in [1.54, 1.807) is 38.2 Å². The predicted octanol–water partition coefficient (Wildman–Crippen LogP) is 3.34. The van der Waals surface area contributed by atoms with E-state index < -0.39 is 16.8 Å². The van der Waals surface area contributed by atoms with Crippen LogP contribution in [0.2, 0.25) is 0 Å². The van der Waals surface area contributed by atoms with E-state index in [2.05, 4.69) is 10.3 Å². The molecule has 0 saturated heterocycles. The van der Waals surface area contributed by atoms with E-state index in [0.717, 1.165) is 5.56 Å². The maximum Gasteiger partial charge on any atom is 0.337 e. The number of nitrogens with one attached hydrogen (secondary N) is 1. The molecule has 28 heavy (non-hydrogen) atoms. The Hall–Kier alpha value is -3.48. The summed E-state index contributed by atoms with van der Waals surface area (Å²) in [5.74, 6) is -1.47. The summed E-state index contributed by atoms with van der Waals surface area (Å²) in [5.41, 5.74) is 2.51. The van der Waals surface area contributed by atoms with Crippen molar-refractivity contribution in [3.05, 3.63) is 98.8 Å². The molecule has 0 radical (unpaired) electrons. The van der Waals surface area contributed by atoms with Gasteiger partial charge in [0.05, 0.1) is 28.5 Å². The third kappa shape index (κ3) is 4.09. The average Bonchev–Trinajstić information content (AvgIpc) is 2.68. The molecule has 7 heteroatoms. The van der Waals surface area contributed by atoms with Crippen molar-refractivity contribution in [3.8, 4) is 0 Å². The molecule has 1 aromatic carbocycles. The van der Waals surface area contributed by atoms with Gasteiger partial charge < -0.3 is 10.1 Å². The first-order chi connectivity index (χ1) is 13.5. The van der Waals surface area contributed by atoms with Crippen LogP contribution in [-0.4, -0.2) is 22.5 Å². The number of carbonyl (C=O) groups excluding carboxylic acids is 1. The van der Waals surface area contributed by atoms with E-state index in [0.29, 0.717) is 23.5 Å². The van der Waals surface area contributed by atoms with Crippen molar-refractivity contribution in [2.45, 2.75) is 26.2 Å². The number of aromatic nitrogens is 1. The second-order valence-electron chi connectivity index (χ2n) is 6.49. The molecule has 1 N–H and O–H groups in total. The van der Waals surface area contributed by atoms with Gasteiger partial charge in [0.1, 0.15) is 5.92 Å². The molecule has 7 nitrogen and oxygen atoms in total. The number of dihydropyridines is 1. The van der Waals surface area contributed by atoms with Crippen LogP contribution in [0.3, 0.4) is 0 Å². The highest BCUT2D eigenvalue weighted by molar-refractivity contribution is 5.92. The number of hydrogen-bond acceptors (Lipinski definition) is 6. The van der Waals surface area contributed by atoms with Gasteiger partial charge in [-0.15, -0.1) is 0 Å². The van der Waals surface area contributed by atoms with E-state index in [-0.39, 0.29) is 17.9 Å². The fourth-order valence-corrected chi connectivity index (χ4v) is 3.31. The van der Waals surface area contributed by atoms with E-state index >= 15 is 0 Å². The Morgan fingerprint density at radius 2 is 1.86 bits per heavy atom. The molecular formula is C21H21N3O4. The minimum atomic E-state index is -0.887. The van der Waals surface area contributed by atoms with Crippen molar-refractivity contribution in [1.82, 2.24) is 10.3 Å². The third-order valence-corrected chi connectivity index (χ3v) is 4.59. The molecule has 1 aliphatic heterocycles. The normalized spacial score (nSPS) is 16.6. The van der Waals surface area contributed by atoms with E-state index in [9.17, 15) is 14.9 Å². The first-order valence-electron chi connectivity index (χ1n) is 8.94. The Morgan fingerprint density at radius 1 is 1.14 bits per heavy atom. The van der Waals surface area contributed by atoms with E-state index in [1.807, 2.05) is 30.3 Å². The van der Waals surface area contributed by atoms with Crippen LogP contribution in [0.5, 0.6) is 0 Å². The maximum atomic E-state index is 12.9. The van der Waals surface area contributed by atoms with Crippen LogP contribution >= 0.6 is 0 Å². The van der Waals surface area contributed by atoms with Crippen molar-refractivity contribution in [2.75, 3.05) is 6.61 Å². The SMILES string of the molecule is CC1=C(C(=O)OCCc2ccccc2)C(c2ccccn2)C([N+](=O)[O-])=C(C)N1. The second-order valence-corrected chi connectivity index (χ2v) is 6.49. The van der Waals surface area contributed by atoms with Gasteiger partial charge in [0.25, 0.3) is 5.70 Å². The highest BCUT2D eigenvalue weighted by Crippen LogP contribution is 2.37. The Kier molecular flexibility index (Phi) is 5.84. The Balaban J connectivity index is 1.87. The van der Waals surface area contributed by atoms with Gasteiger partial charge >= 0.3 is 5.97 Å². The van der Waals surface area contributed by atoms with Crippen molar-refractivity contribution < 1.29 is 14.5 Å². The van der Waals surface area contributed by atoms with Crippen LogP contribution in [0.15, 0.2) is 77.4 Å². The van der Waals surface area contributed by atoms with Crippen molar-refractivity contribution in [3.63, 3.8) is 0 Å². The van der Waals surface area contributed by atoms with Crippen molar-refractivity contribution in [2.24, 2.45) is 0 Å². The van der Waals surface area contributed by atoms with E-state index in [4.69, 9.17) is 4.74 Å². The molecule has 0 saturated carbocycles. The zero-order chi connectivity index (χ0) is 20.1. The number of benzene rings is 1. The number of nitrogens with zero attached hydrogens (tertiary/aromatic N) is 2. The van der Waals surface area contributed by atoms with Crippen LogP contribution in [0.25, 0.3) is 0 Å². The molecule has 0 spiro atoms. The lowest BCUT2D eigenvalue weighted by Gasteiger charge is -2.25. The number of pyridine rings is 1. The quantitative estimate of drug-likeness (QED) is 0.470. The molecule has 2 aromatic rings. The number of rotatable bonds is 6. The van der Waals surface area contributed by atoms with Crippen molar-refractivity contribution >= 4 is 5.97 Å². The first kappa shape index (κ1) is 19.3. The molecule has 0 amide bonds. The fourth-order valence-electron chi connectivity index (χ4n) is 3.31. The minimum absolute atomic E-state index is 0.0979. The smallest absolute Gasteiger partial charge is 0.337 e. The molecule has 3 rings (SSSR count). The topological polar surface area (TPSA) is 94.4 Å².